The Morgan fingerprint density at radius 3 is 1.67 bits per heavy atom. The zero-order valence-electron chi connectivity index (χ0n) is 8.64. The molecule has 0 aliphatic heterocycles. The molecule has 0 N–H and O–H groups in total. The molecule has 0 aromatic carbocycles. The lowest BCUT2D eigenvalue weighted by Gasteiger charge is -2.33. The average Bonchev–Trinajstić information content (AvgIpc) is 2.08. The van der Waals surface area contributed by atoms with Crippen LogP contribution in [0.1, 0.15) is 52.9 Å². The van der Waals surface area contributed by atoms with Crippen molar-refractivity contribution >= 4 is 0 Å². The van der Waals surface area contributed by atoms with Gasteiger partial charge in [0.2, 0.25) is 0 Å². The van der Waals surface area contributed by atoms with E-state index in [2.05, 4.69) is 27.3 Å². The molecule has 1 heteroatoms. The van der Waals surface area contributed by atoms with Crippen molar-refractivity contribution in [3.05, 3.63) is 0 Å². The molecule has 0 saturated heterocycles. The lowest BCUT2D eigenvalue weighted by Crippen LogP contribution is -2.22. The largest absolute Gasteiger partial charge is 0.202 e. The maximum Gasteiger partial charge on any atom is 0.0462 e. The molecule has 0 bridgehead atoms. The minimum absolute atomic E-state index is 0.570. The van der Waals surface area contributed by atoms with Crippen molar-refractivity contribution in [2.45, 2.75) is 52.9 Å². The van der Waals surface area contributed by atoms with Gasteiger partial charge in [-0.15, -0.1) is 0 Å². The van der Waals surface area contributed by atoms with Crippen molar-refractivity contribution in [2.75, 3.05) is 0 Å². The Hall–Kier alpha value is -0.510. The predicted octanol–water partition coefficient (Wildman–Crippen LogP) is 3.75. The molecular weight excluding hydrogens is 146 g/mol. The molecule has 0 radical (unpaired) electrons. The monoisotopic (exact) mass is 167 g/mol. The van der Waals surface area contributed by atoms with Gasteiger partial charge in [-0.3, -0.25) is 0 Å². The summed E-state index contributed by atoms with van der Waals surface area (Å²) in [7, 11) is 0. The molecule has 12 heavy (non-hydrogen) atoms. The summed E-state index contributed by atoms with van der Waals surface area (Å²) in [5.41, 5.74) is 0.570. The molecule has 1 saturated carbocycles. The molecule has 0 atom stereocenters. The summed E-state index contributed by atoms with van der Waals surface area (Å²) in [6.07, 6.45) is 7.38. The fourth-order valence-corrected chi connectivity index (χ4v) is 1.97. The number of hydrogen-bond acceptors (Lipinski definition) is 1. The molecular formula is C11H21N. The minimum Gasteiger partial charge on any atom is -0.202 e. The highest BCUT2D eigenvalue weighted by Crippen LogP contribution is 2.37. The van der Waals surface area contributed by atoms with Gasteiger partial charge in [-0.05, 0) is 24.2 Å². The van der Waals surface area contributed by atoms with Crippen LogP contribution in [0.5, 0.6) is 0 Å². The van der Waals surface area contributed by atoms with Crippen molar-refractivity contribution in [2.24, 2.45) is 11.3 Å². The second kappa shape index (κ2) is 5.19. The van der Waals surface area contributed by atoms with Crippen LogP contribution in [0.3, 0.4) is 0 Å². The van der Waals surface area contributed by atoms with E-state index in [1.165, 1.54) is 32.1 Å². The lowest BCUT2D eigenvalue weighted by atomic mass is 9.72. The van der Waals surface area contributed by atoms with Gasteiger partial charge in [0.25, 0.3) is 0 Å². The van der Waals surface area contributed by atoms with E-state index in [1.54, 1.807) is 0 Å². The van der Waals surface area contributed by atoms with E-state index < -0.39 is 0 Å². The third kappa shape index (κ3) is 3.76. The highest BCUT2D eigenvalue weighted by molar-refractivity contribution is 4.76. The van der Waals surface area contributed by atoms with Crippen LogP contribution in [0.4, 0.5) is 0 Å². The summed E-state index contributed by atoms with van der Waals surface area (Å²) in [6.45, 7) is 10.6. The molecule has 70 valence electrons. The van der Waals surface area contributed by atoms with Crippen LogP contribution < -0.4 is 0 Å². The highest BCUT2D eigenvalue weighted by Gasteiger charge is 2.25. The van der Waals surface area contributed by atoms with Crippen molar-refractivity contribution in [3.8, 4) is 6.57 Å². The summed E-state index contributed by atoms with van der Waals surface area (Å²) in [4.78, 5) is 0. The Balaban J connectivity index is 0.000000561. The standard InChI is InChI=1S/C10H20.CHN/c1-10(2,3)9-7-5-4-6-8-9;1-2/h9H,4-8H2,1-3H3;1H. The van der Waals surface area contributed by atoms with E-state index in [0.29, 0.717) is 5.41 Å². The number of hydrogen-bond donors (Lipinski definition) is 0. The van der Waals surface area contributed by atoms with E-state index in [9.17, 15) is 0 Å². The van der Waals surface area contributed by atoms with Gasteiger partial charge in [0.1, 0.15) is 0 Å². The molecule has 0 spiro atoms. The Morgan fingerprint density at radius 1 is 1.00 bits per heavy atom. The molecule has 1 aliphatic carbocycles. The molecule has 1 fully saturated rings. The SMILES string of the molecule is C#N.CC(C)(C)C1CCCCC1. The van der Waals surface area contributed by atoms with Crippen molar-refractivity contribution in [3.63, 3.8) is 0 Å². The van der Waals surface area contributed by atoms with Crippen LogP contribution in [0.15, 0.2) is 0 Å². The normalized spacial score (nSPS) is 19.4. The highest BCUT2D eigenvalue weighted by atomic mass is 14.3. The summed E-state index contributed by atoms with van der Waals surface area (Å²) in [5, 5.41) is 6.50. The van der Waals surface area contributed by atoms with Crippen LogP contribution in [-0.2, 0) is 0 Å². The smallest absolute Gasteiger partial charge is 0.0462 e. The predicted molar refractivity (Wildman–Crippen MR) is 52.7 cm³/mol. The van der Waals surface area contributed by atoms with E-state index in [0.717, 1.165) is 5.92 Å². The first-order valence-electron chi connectivity index (χ1n) is 4.86. The average molecular weight is 167 g/mol. The van der Waals surface area contributed by atoms with Crippen molar-refractivity contribution in [1.82, 2.24) is 0 Å². The summed E-state index contributed by atoms with van der Waals surface area (Å²) in [6, 6.07) is 0. The Kier molecular flexibility index (Phi) is 4.97. The van der Waals surface area contributed by atoms with E-state index in [1.807, 2.05) is 0 Å². The van der Waals surface area contributed by atoms with E-state index in [-0.39, 0.29) is 0 Å². The maximum absolute atomic E-state index is 6.50. The fraction of sp³-hybridized carbons (Fsp3) is 0.909. The molecule has 1 rings (SSSR count). The molecule has 0 amide bonds. The van der Waals surface area contributed by atoms with Gasteiger partial charge >= 0.3 is 0 Å². The number of nitriles is 1. The van der Waals surface area contributed by atoms with Crippen LogP contribution in [0, 0.1) is 23.2 Å². The zero-order chi connectivity index (χ0) is 9.61. The number of nitrogens with zero attached hydrogens (tertiary/aromatic N) is 1. The molecule has 1 aliphatic rings. The zero-order valence-corrected chi connectivity index (χ0v) is 8.64. The van der Waals surface area contributed by atoms with Crippen molar-refractivity contribution in [1.29, 1.82) is 5.26 Å². The maximum atomic E-state index is 6.50. The van der Waals surface area contributed by atoms with Gasteiger partial charge in [0, 0.05) is 6.57 Å². The van der Waals surface area contributed by atoms with Crippen molar-refractivity contribution < 1.29 is 0 Å². The third-order valence-electron chi connectivity index (χ3n) is 2.83. The summed E-state index contributed by atoms with van der Waals surface area (Å²) >= 11 is 0. The first-order valence-corrected chi connectivity index (χ1v) is 4.86. The molecule has 0 heterocycles. The summed E-state index contributed by atoms with van der Waals surface area (Å²) < 4.78 is 0. The second-order valence-electron chi connectivity index (χ2n) is 4.70. The molecule has 0 aromatic rings. The van der Waals surface area contributed by atoms with Gasteiger partial charge in [-0.1, -0.05) is 40.0 Å². The first kappa shape index (κ1) is 11.5. The molecule has 1 nitrogen and oxygen atoms in total. The van der Waals surface area contributed by atoms with Gasteiger partial charge in [-0.25, -0.2) is 5.26 Å². The van der Waals surface area contributed by atoms with Gasteiger partial charge < -0.3 is 0 Å². The summed E-state index contributed by atoms with van der Waals surface area (Å²) in [5.74, 6) is 1.00. The Bertz CT molecular complexity index is 124. The minimum atomic E-state index is 0.570. The van der Waals surface area contributed by atoms with Crippen LogP contribution in [-0.4, -0.2) is 0 Å². The topological polar surface area (TPSA) is 23.8 Å². The first-order chi connectivity index (χ1) is 5.61. The van der Waals surface area contributed by atoms with Crippen LogP contribution in [0.25, 0.3) is 0 Å². The van der Waals surface area contributed by atoms with E-state index in [4.69, 9.17) is 5.26 Å². The second-order valence-corrected chi connectivity index (χ2v) is 4.70. The van der Waals surface area contributed by atoms with Gasteiger partial charge in [0.15, 0.2) is 0 Å². The lowest BCUT2D eigenvalue weighted by molar-refractivity contribution is 0.180. The molecule has 0 aromatic heterocycles. The van der Waals surface area contributed by atoms with Crippen LogP contribution in [0.2, 0.25) is 0 Å². The molecule has 0 unspecified atom stereocenters. The quantitative estimate of drug-likeness (QED) is 0.539. The van der Waals surface area contributed by atoms with Gasteiger partial charge in [-0.2, -0.15) is 0 Å². The van der Waals surface area contributed by atoms with Crippen LogP contribution >= 0.6 is 0 Å². The van der Waals surface area contributed by atoms with E-state index >= 15 is 0 Å². The Labute approximate surface area is 76.8 Å². The Morgan fingerprint density at radius 2 is 1.42 bits per heavy atom. The number of rotatable bonds is 0. The third-order valence-corrected chi connectivity index (χ3v) is 2.83. The van der Waals surface area contributed by atoms with Gasteiger partial charge in [0.05, 0.1) is 0 Å². The fourth-order valence-electron chi connectivity index (χ4n) is 1.97.